The Labute approximate surface area is 112 Å². The zero-order chi connectivity index (χ0) is 14.0. The fourth-order valence-electron chi connectivity index (χ4n) is 2.15. The normalized spacial score (nSPS) is 10.7. The number of benzene rings is 1. The highest BCUT2D eigenvalue weighted by molar-refractivity contribution is 5.70. The van der Waals surface area contributed by atoms with Crippen LogP contribution in [-0.4, -0.2) is 20.9 Å². The van der Waals surface area contributed by atoms with Crippen LogP contribution in [0.25, 0.3) is 0 Å². The Morgan fingerprint density at radius 3 is 2.37 bits per heavy atom. The van der Waals surface area contributed by atoms with Crippen molar-refractivity contribution >= 4 is 5.97 Å². The number of nitrogens with zero attached hydrogens (tertiary/aromatic N) is 2. The molecule has 1 aromatic heterocycles. The first kappa shape index (κ1) is 13.3. The molecule has 1 N–H and O–H groups in total. The molecule has 0 aliphatic carbocycles. The molecule has 1 heterocycles. The number of aromatic nitrogens is 2. The van der Waals surface area contributed by atoms with E-state index in [1.165, 1.54) is 5.56 Å². The summed E-state index contributed by atoms with van der Waals surface area (Å²) in [4.78, 5) is 10.9. The molecule has 0 saturated carbocycles. The van der Waals surface area contributed by atoms with Crippen LogP contribution in [0.1, 0.15) is 28.1 Å². The van der Waals surface area contributed by atoms with Crippen molar-refractivity contribution in [3.8, 4) is 0 Å². The molecule has 4 nitrogen and oxygen atoms in total. The fourth-order valence-corrected chi connectivity index (χ4v) is 2.15. The van der Waals surface area contributed by atoms with E-state index in [1.807, 2.05) is 42.8 Å². The first-order chi connectivity index (χ1) is 8.99. The van der Waals surface area contributed by atoms with Gasteiger partial charge in [0.2, 0.25) is 0 Å². The van der Waals surface area contributed by atoms with Gasteiger partial charge in [-0.3, -0.25) is 9.48 Å². The minimum atomic E-state index is -0.808. The molecule has 0 amide bonds. The molecule has 1 aromatic carbocycles. The number of carboxylic acid groups (broad SMARTS) is 1. The highest BCUT2D eigenvalue weighted by Gasteiger charge is 2.11. The van der Waals surface area contributed by atoms with Gasteiger partial charge in [0.1, 0.15) is 0 Å². The summed E-state index contributed by atoms with van der Waals surface area (Å²) in [6.07, 6.45) is 0.0501. The number of carboxylic acids is 1. The van der Waals surface area contributed by atoms with Crippen LogP contribution in [-0.2, 0) is 17.8 Å². The van der Waals surface area contributed by atoms with Crippen molar-refractivity contribution in [1.29, 1.82) is 0 Å². The first-order valence-electron chi connectivity index (χ1n) is 6.28. The van der Waals surface area contributed by atoms with E-state index in [-0.39, 0.29) is 6.42 Å². The van der Waals surface area contributed by atoms with Gasteiger partial charge < -0.3 is 5.11 Å². The van der Waals surface area contributed by atoms with Crippen molar-refractivity contribution in [3.63, 3.8) is 0 Å². The van der Waals surface area contributed by atoms with Gasteiger partial charge in [0, 0.05) is 5.69 Å². The van der Waals surface area contributed by atoms with Crippen LogP contribution in [0.15, 0.2) is 24.3 Å². The van der Waals surface area contributed by atoms with E-state index in [0.29, 0.717) is 6.54 Å². The molecule has 0 aliphatic rings. The highest BCUT2D eigenvalue weighted by atomic mass is 16.4. The molecule has 100 valence electrons. The standard InChI is InChI=1S/C15H18N2O2/c1-10-11(2)16-17(12(10)3)9-14-7-5-4-6-13(14)8-15(18)19/h4-7H,8-9H2,1-3H3,(H,18,19). The van der Waals surface area contributed by atoms with Crippen LogP contribution in [0, 0.1) is 20.8 Å². The maximum absolute atomic E-state index is 10.9. The molecule has 0 unspecified atom stereocenters. The van der Waals surface area contributed by atoms with Gasteiger partial charge in [0.15, 0.2) is 0 Å². The van der Waals surface area contributed by atoms with Crippen LogP contribution < -0.4 is 0 Å². The van der Waals surface area contributed by atoms with Gasteiger partial charge in [-0.05, 0) is 37.5 Å². The maximum Gasteiger partial charge on any atom is 0.307 e. The number of rotatable bonds is 4. The van der Waals surface area contributed by atoms with Crippen LogP contribution in [0.5, 0.6) is 0 Å². The fraction of sp³-hybridized carbons (Fsp3) is 0.333. The van der Waals surface area contributed by atoms with Crippen molar-refractivity contribution in [2.24, 2.45) is 0 Å². The van der Waals surface area contributed by atoms with Gasteiger partial charge in [-0.2, -0.15) is 5.10 Å². The van der Waals surface area contributed by atoms with Crippen LogP contribution >= 0.6 is 0 Å². The van der Waals surface area contributed by atoms with Crippen LogP contribution in [0.3, 0.4) is 0 Å². The Morgan fingerprint density at radius 2 is 1.84 bits per heavy atom. The second-order valence-corrected chi connectivity index (χ2v) is 4.79. The summed E-state index contributed by atoms with van der Waals surface area (Å²) in [5, 5.41) is 13.4. The van der Waals surface area contributed by atoms with E-state index in [0.717, 1.165) is 22.5 Å². The average Bonchev–Trinajstić information content (AvgIpc) is 2.59. The summed E-state index contributed by atoms with van der Waals surface area (Å²) in [6, 6.07) is 7.62. The lowest BCUT2D eigenvalue weighted by molar-refractivity contribution is -0.136. The first-order valence-corrected chi connectivity index (χ1v) is 6.28. The van der Waals surface area contributed by atoms with Crippen molar-refractivity contribution in [1.82, 2.24) is 9.78 Å². The molecule has 0 fully saturated rings. The SMILES string of the molecule is Cc1nn(Cc2ccccc2CC(=O)O)c(C)c1C. The van der Waals surface area contributed by atoms with Gasteiger partial charge in [-0.15, -0.1) is 0 Å². The van der Waals surface area contributed by atoms with Crippen molar-refractivity contribution in [2.45, 2.75) is 33.7 Å². The average molecular weight is 258 g/mol. The molecule has 0 radical (unpaired) electrons. The van der Waals surface area contributed by atoms with Gasteiger partial charge in [-0.25, -0.2) is 0 Å². The molecular weight excluding hydrogens is 240 g/mol. The zero-order valence-corrected chi connectivity index (χ0v) is 11.5. The lowest BCUT2D eigenvalue weighted by atomic mass is 10.0. The smallest absolute Gasteiger partial charge is 0.307 e. The molecule has 2 aromatic rings. The predicted octanol–water partition coefficient (Wildman–Crippen LogP) is 2.48. The summed E-state index contributed by atoms with van der Waals surface area (Å²) >= 11 is 0. The molecule has 0 saturated heterocycles. The Kier molecular flexibility index (Phi) is 3.69. The minimum absolute atomic E-state index is 0.0501. The van der Waals surface area contributed by atoms with Crippen molar-refractivity contribution < 1.29 is 9.90 Å². The van der Waals surface area contributed by atoms with Crippen molar-refractivity contribution in [2.75, 3.05) is 0 Å². The van der Waals surface area contributed by atoms with E-state index in [2.05, 4.69) is 12.0 Å². The minimum Gasteiger partial charge on any atom is -0.481 e. The third-order valence-electron chi connectivity index (χ3n) is 3.52. The quantitative estimate of drug-likeness (QED) is 0.916. The van der Waals surface area contributed by atoms with Gasteiger partial charge in [-0.1, -0.05) is 24.3 Å². The largest absolute Gasteiger partial charge is 0.481 e. The molecule has 19 heavy (non-hydrogen) atoms. The Balaban J connectivity index is 2.32. The number of aliphatic carboxylic acids is 1. The molecule has 0 atom stereocenters. The summed E-state index contributed by atoms with van der Waals surface area (Å²) in [5.74, 6) is -0.808. The Hall–Kier alpha value is -2.10. The molecule has 0 spiro atoms. The zero-order valence-electron chi connectivity index (χ0n) is 11.5. The summed E-state index contributed by atoms with van der Waals surface area (Å²) in [6.45, 7) is 6.69. The van der Waals surface area contributed by atoms with Gasteiger partial charge in [0.25, 0.3) is 0 Å². The van der Waals surface area contributed by atoms with E-state index in [9.17, 15) is 4.79 Å². The number of hydrogen-bond donors (Lipinski definition) is 1. The van der Waals surface area contributed by atoms with Crippen LogP contribution in [0.2, 0.25) is 0 Å². The molecule has 0 aliphatic heterocycles. The molecular formula is C15H18N2O2. The lowest BCUT2D eigenvalue weighted by Gasteiger charge is -2.09. The van der Waals surface area contributed by atoms with Gasteiger partial charge >= 0.3 is 5.97 Å². The van der Waals surface area contributed by atoms with Crippen molar-refractivity contribution in [3.05, 3.63) is 52.3 Å². The topological polar surface area (TPSA) is 55.1 Å². The Morgan fingerprint density at radius 1 is 1.21 bits per heavy atom. The number of carbonyl (C=O) groups is 1. The summed E-state index contributed by atoms with van der Waals surface area (Å²) in [5.41, 5.74) is 5.20. The second kappa shape index (κ2) is 5.26. The molecule has 0 bridgehead atoms. The maximum atomic E-state index is 10.9. The van der Waals surface area contributed by atoms with Crippen LogP contribution in [0.4, 0.5) is 0 Å². The van der Waals surface area contributed by atoms with E-state index < -0.39 is 5.97 Å². The second-order valence-electron chi connectivity index (χ2n) is 4.79. The van der Waals surface area contributed by atoms with E-state index in [1.54, 1.807) is 0 Å². The third kappa shape index (κ3) is 2.84. The van der Waals surface area contributed by atoms with E-state index in [4.69, 9.17) is 5.11 Å². The number of hydrogen-bond acceptors (Lipinski definition) is 2. The Bertz CT molecular complexity index is 615. The highest BCUT2D eigenvalue weighted by Crippen LogP contribution is 2.16. The predicted molar refractivity (Wildman–Crippen MR) is 73.3 cm³/mol. The number of aryl methyl sites for hydroxylation is 1. The molecule has 2 rings (SSSR count). The summed E-state index contributed by atoms with van der Waals surface area (Å²) in [7, 11) is 0. The molecule has 4 heteroatoms. The third-order valence-corrected chi connectivity index (χ3v) is 3.52. The summed E-state index contributed by atoms with van der Waals surface area (Å²) < 4.78 is 1.94. The lowest BCUT2D eigenvalue weighted by Crippen LogP contribution is -2.09. The van der Waals surface area contributed by atoms with Gasteiger partial charge in [0.05, 0.1) is 18.7 Å². The van der Waals surface area contributed by atoms with E-state index >= 15 is 0 Å². The monoisotopic (exact) mass is 258 g/mol.